The third kappa shape index (κ3) is 6.77. The molecule has 0 saturated carbocycles. The van der Waals surface area contributed by atoms with Crippen molar-refractivity contribution < 1.29 is 32.5 Å². The van der Waals surface area contributed by atoms with Crippen LogP contribution in [0.2, 0.25) is 10.0 Å². The van der Waals surface area contributed by atoms with E-state index in [-0.39, 0.29) is 35.5 Å². The number of nitrogens with one attached hydrogen (secondary N) is 1. The molecule has 0 saturated heterocycles. The Balaban J connectivity index is 2.04. The van der Waals surface area contributed by atoms with Crippen LogP contribution in [0.1, 0.15) is 12.5 Å². The van der Waals surface area contributed by atoms with E-state index < -0.39 is 30.7 Å². The number of amides is 1. The van der Waals surface area contributed by atoms with E-state index in [9.17, 15) is 28.3 Å². The minimum atomic E-state index is -4.93. The van der Waals surface area contributed by atoms with Crippen LogP contribution in [-0.4, -0.2) is 71.8 Å². The standard InChI is InChI=1S/C23H21Cl2F3N6O4/c1-3-33(20(36)11-35)18-10-34(32-21(18)13-4-6-15(24)16(25)8-13)22(30-12-29)31-17-9-14(38-23(26,27)28)5-7-19(17)37-2/h4-9,18,35H,3,10-11H2,1-2H3,(H,30,31). The smallest absolute Gasteiger partial charge is 0.495 e. The van der Waals surface area contributed by atoms with Crippen molar-refractivity contribution >= 4 is 46.5 Å². The first kappa shape index (κ1) is 28.8. The molecule has 1 unspecified atom stereocenters. The number of aliphatic hydroxyl groups is 1. The zero-order chi connectivity index (χ0) is 28.0. The van der Waals surface area contributed by atoms with E-state index in [0.717, 1.165) is 12.1 Å². The fraction of sp³-hybridized carbons (Fsp3) is 0.304. The number of guanidine groups is 1. The van der Waals surface area contributed by atoms with Gasteiger partial charge < -0.3 is 24.8 Å². The van der Waals surface area contributed by atoms with Gasteiger partial charge in [0.2, 0.25) is 18.1 Å². The molecule has 38 heavy (non-hydrogen) atoms. The largest absolute Gasteiger partial charge is 0.573 e. The maximum atomic E-state index is 12.8. The normalized spacial score (nSPS) is 15.6. The highest BCUT2D eigenvalue weighted by molar-refractivity contribution is 6.42. The number of carbonyl (C=O) groups excluding carboxylic acids is 1. The van der Waals surface area contributed by atoms with Gasteiger partial charge in [0, 0.05) is 18.2 Å². The maximum Gasteiger partial charge on any atom is 0.573 e. The predicted molar refractivity (Wildman–Crippen MR) is 134 cm³/mol. The van der Waals surface area contributed by atoms with Gasteiger partial charge in [0.25, 0.3) is 0 Å². The highest BCUT2D eigenvalue weighted by Crippen LogP contribution is 2.33. The number of nitriles is 1. The molecule has 10 nitrogen and oxygen atoms in total. The number of hydrogen-bond donors (Lipinski definition) is 2. The fourth-order valence-corrected chi connectivity index (χ4v) is 4.03. The molecule has 0 bridgehead atoms. The Morgan fingerprint density at radius 1 is 1.32 bits per heavy atom. The monoisotopic (exact) mass is 572 g/mol. The molecule has 1 heterocycles. The third-order valence-electron chi connectivity index (χ3n) is 5.33. The van der Waals surface area contributed by atoms with Crippen LogP contribution in [-0.2, 0) is 4.79 Å². The molecule has 0 radical (unpaired) electrons. The van der Waals surface area contributed by atoms with Gasteiger partial charge in [-0.3, -0.25) is 4.79 Å². The number of halogens is 5. The zero-order valence-electron chi connectivity index (χ0n) is 20.0. The Labute approximate surface area is 225 Å². The third-order valence-corrected chi connectivity index (χ3v) is 6.07. The van der Waals surface area contributed by atoms with E-state index in [1.807, 2.05) is 0 Å². The minimum absolute atomic E-state index is 0.00299. The van der Waals surface area contributed by atoms with Crippen LogP contribution in [0.4, 0.5) is 18.9 Å². The average Bonchev–Trinajstić information content (AvgIpc) is 3.30. The second-order valence-electron chi connectivity index (χ2n) is 7.62. The van der Waals surface area contributed by atoms with Gasteiger partial charge in [0.1, 0.15) is 18.1 Å². The Morgan fingerprint density at radius 3 is 2.63 bits per heavy atom. The second-order valence-corrected chi connectivity index (χ2v) is 8.43. The van der Waals surface area contributed by atoms with E-state index >= 15 is 0 Å². The Kier molecular flexibility index (Phi) is 9.26. The molecule has 0 aliphatic carbocycles. The number of aliphatic hydroxyl groups excluding tert-OH is 1. The number of ether oxygens (including phenoxy) is 2. The number of likely N-dealkylation sites (N-methyl/N-ethyl adjacent to an activating group) is 1. The topological polar surface area (TPSA) is 123 Å². The minimum Gasteiger partial charge on any atom is -0.495 e. The van der Waals surface area contributed by atoms with E-state index in [2.05, 4.69) is 20.1 Å². The van der Waals surface area contributed by atoms with E-state index in [1.54, 1.807) is 31.3 Å². The number of hydrogen-bond acceptors (Lipinski definition) is 7. The predicted octanol–water partition coefficient (Wildman–Crippen LogP) is 4.08. The first-order chi connectivity index (χ1) is 18.0. The Morgan fingerprint density at radius 2 is 2.05 bits per heavy atom. The molecule has 1 atom stereocenters. The Bertz CT molecular complexity index is 1300. The summed E-state index contributed by atoms with van der Waals surface area (Å²) in [7, 11) is 1.30. The van der Waals surface area contributed by atoms with Crippen molar-refractivity contribution in [3.8, 4) is 17.7 Å². The van der Waals surface area contributed by atoms with Crippen molar-refractivity contribution in [3.63, 3.8) is 0 Å². The molecule has 202 valence electrons. The molecule has 0 fully saturated rings. The molecule has 1 amide bonds. The lowest BCUT2D eigenvalue weighted by Gasteiger charge is -2.28. The number of methoxy groups -OCH3 is 1. The summed E-state index contributed by atoms with van der Waals surface area (Å²) >= 11 is 12.2. The molecule has 1 aliphatic heterocycles. The molecule has 1 aliphatic rings. The summed E-state index contributed by atoms with van der Waals surface area (Å²) in [5.41, 5.74) is 0.850. The first-order valence-corrected chi connectivity index (χ1v) is 11.7. The van der Waals surface area contributed by atoms with Crippen LogP contribution >= 0.6 is 23.2 Å². The average molecular weight is 573 g/mol. The van der Waals surface area contributed by atoms with Crippen LogP contribution in [0, 0.1) is 11.5 Å². The van der Waals surface area contributed by atoms with Gasteiger partial charge in [-0.2, -0.15) is 10.4 Å². The SMILES string of the molecule is CCN(C(=O)CO)C1CN(/C(=N\C#N)Nc2cc(OC(F)(F)F)ccc2OC)N=C1c1ccc(Cl)c(Cl)c1. The van der Waals surface area contributed by atoms with E-state index in [1.165, 1.54) is 23.1 Å². The highest BCUT2D eigenvalue weighted by Gasteiger charge is 2.37. The summed E-state index contributed by atoms with van der Waals surface area (Å²) in [5.74, 6) is -1.16. The van der Waals surface area contributed by atoms with Crippen LogP contribution in [0.25, 0.3) is 0 Å². The molecule has 2 aromatic carbocycles. The molecular formula is C23H21Cl2F3N6O4. The molecular weight excluding hydrogens is 552 g/mol. The summed E-state index contributed by atoms with van der Waals surface area (Å²) in [5, 5.41) is 27.9. The quantitative estimate of drug-likeness (QED) is 0.291. The molecule has 15 heteroatoms. The van der Waals surface area contributed by atoms with Crippen molar-refractivity contribution in [2.75, 3.05) is 32.1 Å². The zero-order valence-corrected chi connectivity index (χ0v) is 21.5. The molecule has 0 aromatic heterocycles. The van der Waals surface area contributed by atoms with Crippen molar-refractivity contribution in [1.82, 2.24) is 9.91 Å². The number of aliphatic imine (C=N–C) groups is 1. The van der Waals surface area contributed by atoms with Gasteiger partial charge >= 0.3 is 6.36 Å². The van der Waals surface area contributed by atoms with Gasteiger partial charge in [0.15, 0.2) is 0 Å². The summed E-state index contributed by atoms with van der Waals surface area (Å²) in [6.07, 6.45) is -3.31. The molecule has 2 N–H and O–H groups in total. The van der Waals surface area contributed by atoms with Gasteiger partial charge in [-0.1, -0.05) is 29.3 Å². The molecule has 0 spiro atoms. The highest BCUT2D eigenvalue weighted by atomic mass is 35.5. The van der Waals surface area contributed by atoms with Gasteiger partial charge in [-0.15, -0.1) is 18.2 Å². The van der Waals surface area contributed by atoms with Crippen molar-refractivity contribution in [2.24, 2.45) is 10.1 Å². The lowest BCUT2D eigenvalue weighted by molar-refractivity contribution is -0.274. The second kappa shape index (κ2) is 12.2. The summed E-state index contributed by atoms with van der Waals surface area (Å²) in [6.45, 7) is 1.15. The lowest BCUT2D eigenvalue weighted by atomic mass is 10.0. The summed E-state index contributed by atoms with van der Waals surface area (Å²) < 4.78 is 47.4. The molecule has 2 aromatic rings. The van der Waals surface area contributed by atoms with Crippen LogP contribution in [0.3, 0.4) is 0 Å². The maximum absolute atomic E-state index is 12.8. The van der Waals surface area contributed by atoms with Crippen molar-refractivity contribution in [2.45, 2.75) is 19.3 Å². The van der Waals surface area contributed by atoms with Crippen LogP contribution < -0.4 is 14.8 Å². The van der Waals surface area contributed by atoms with Gasteiger partial charge in [-0.05, 0) is 31.2 Å². The van der Waals surface area contributed by atoms with E-state index in [4.69, 9.17) is 27.9 Å². The van der Waals surface area contributed by atoms with Crippen LogP contribution in [0.15, 0.2) is 46.5 Å². The van der Waals surface area contributed by atoms with Gasteiger partial charge in [0.05, 0.1) is 41.1 Å². The molecule has 3 rings (SSSR count). The Hall–Kier alpha value is -3.73. The number of benzene rings is 2. The van der Waals surface area contributed by atoms with Crippen LogP contribution in [0.5, 0.6) is 11.5 Å². The fourth-order valence-electron chi connectivity index (χ4n) is 3.73. The van der Waals surface area contributed by atoms with Crippen molar-refractivity contribution in [3.05, 3.63) is 52.0 Å². The number of alkyl halides is 3. The number of nitrogens with zero attached hydrogens (tertiary/aromatic N) is 5. The summed E-state index contributed by atoms with van der Waals surface area (Å²) in [6, 6.07) is 7.33. The number of hydrazone groups is 1. The lowest BCUT2D eigenvalue weighted by Crippen LogP contribution is -2.48. The number of carbonyl (C=O) groups is 1. The summed E-state index contributed by atoms with van der Waals surface area (Å²) in [4.78, 5) is 17.6. The number of rotatable bonds is 7. The number of anilines is 1. The first-order valence-electron chi connectivity index (χ1n) is 10.9. The van der Waals surface area contributed by atoms with Gasteiger partial charge in [-0.25, -0.2) is 5.01 Å². The van der Waals surface area contributed by atoms with E-state index in [0.29, 0.717) is 16.3 Å². The van der Waals surface area contributed by atoms with Crippen molar-refractivity contribution in [1.29, 1.82) is 5.26 Å².